The van der Waals surface area contributed by atoms with Crippen molar-refractivity contribution in [1.82, 2.24) is 0 Å². The molecule has 0 bridgehead atoms. The Bertz CT molecular complexity index is 513. The van der Waals surface area contributed by atoms with Crippen molar-refractivity contribution in [3.05, 3.63) is 0 Å². The van der Waals surface area contributed by atoms with Crippen LogP contribution in [-0.2, 0) is 28.0 Å². The number of ether oxygens (including phenoxy) is 4. The molecule has 0 aromatic carbocycles. The summed E-state index contributed by atoms with van der Waals surface area (Å²) in [7, 11) is 11.6. The van der Waals surface area contributed by atoms with E-state index in [1.807, 2.05) is 27.7 Å². The summed E-state index contributed by atoms with van der Waals surface area (Å²) in [6.45, 7) is 3.98. The maximum Gasteiger partial charge on any atom is 0.387 e. The molecule has 0 spiro atoms. The fourth-order valence-electron chi connectivity index (χ4n) is 3.05. The Balaban J connectivity index is 1.87. The molecule has 2 fully saturated rings. The zero-order valence-electron chi connectivity index (χ0n) is 16.4. The van der Waals surface area contributed by atoms with Crippen molar-refractivity contribution in [3.63, 3.8) is 0 Å². The van der Waals surface area contributed by atoms with E-state index in [1.54, 1.807) is 0 Å². The molecule has 2 aliphatic heterocycles. The van der Waals surface area contributed by atoms with E-state index in [0.717, 1.165) is 11.4 Å². The van der Waals surface area contributed by atoms with Gasteiger partial charge in [0.05, 0.1) is 37.1 Å². The van der Waals surface area contributed by atoms with Gasteiger partial charge >= 0.3 is 6.80 Å². The molecule has 1 N–H and O–H groups in total. The molecule has 7 atom stereocenters. The highest BCUT2D eigenvalue weighted by molar-refractivity contribution is 8.54. The first kappa shape index (κ1) is 23.7. The summed E-state index contributed by atoms with van der Waals surface area (Å²) in [6.07, 6.45) is -0.716. The number of hydrogen-bond acceptors (Lipinski definition) is 7. The van der Waals surface area contributed by atoms with E-state index in [9.17, 15) is 9.46 Å². The van der Waals surface area contributed by atoms with Gasteiger partial charge in [0.15, 0.2) is 0 Å². The van der Waals surface area contributed by atoms with Crippen LogP contribution >= 0.6 is 18.2 Å². The second-order valence-electron chi connectivity index (χ2n) is 7.41. The van der Waals surface area contributed by atoms with Crippen LogP contribution in [0, 0.1) is 0 Å². The Morgan fingerprint density at radius 3 is 2.26 bits per heavy atom. The van der Waals surface area contributed by atoms with Gasteiger partial charge in [0.25, 0.3) is 0 Å². The highest BCUT2D eigenvalue weighted by Gasteiger charge is 2.40. The molecule has 7 nitrogen and oxygen atoms in total. The molecule has 0 aliphatic carbocycles. The Labute approximate surface area is 168 Å². The van der Waals surface area contributed by atoms with Crippen molar-refractivity contribution in [1.29, 1.82) is 0 Å². The van der Waals surface area contributed by atoms with Gasteiger partial charge in [-0.05, 0) is 51.9 Å². The van der Waals surface area contributed by atoms with Crippen LogP contribution in [0.3, 0.4) is 0 Å². The molecule has 4 radical (unpaired) electrons. The Hall–Kier alpha value is 0.470. The Kier molecular flexibility index (Phi) is 9.22. The molecule has 11 heteroatoms. The quantitative estimate of drug-likeness (QED) is 0.426. The van der Waals surface area contributed by atoms with Crippen molar-refractivity contribution >= 4 is 33.9 Å². The zero-order chi connectivity index (χ0) is 20.2. The average molecular weight is 418 g/mol. The lowest BCUT2D eigenvalue weighted by Crippen LogP contribution is -2.30. The molecule has 2 aliphatic rings. The lowest BCUT2D eigenvalue weighted by Gasteiger charge is -2.24. The minimum atomic E-state index is -3.94. The van der Waals surface area contributed by atoms with Gasteiger partial charge in [-0.3, -0.25) is 4.52 Å². The van der Waals surface area contributed by atoms with E-state index in [4.69, 9.17) is 39.2 Å². The molecule has 0 saturated carbocycles. The number of rotatable bonds is 10. The molecule has 3 unspecified atom stereocenters. The van der Waals surface area contributed by atoms with Crippen molar-refractivity contribution in [2.75, 3.05) is 12.4 Å². The zero-order valence-corrected chi connectivity index (χ0v) is 18.1. The topological polar surface area (TPSA) is 83.5 Å². The maximum atomic E-state index is 12.6. The molecule has 27 heavy (non-hydrogen) atoms. The number of hydrogen-bond donors (Lipinski definition) is 1. The van der Waals surface area contributed by atoms with E-state index >= 15 is 0 Å². The molecule has 0 amide bonds. The summed E-state index contributed by atoms with van der Waals surface area (Å²) in [5, 5.41) is 0. The second-order valence-corrected chi connectivity index (χ2v) is 11.3. The summed E-state index contributed by atoms with van der Waals surface area (Å²) in [6, 6.07) is -0.974. The molecule has 2 rings (SSSR count). The van der Waals surface area contributed by atoms with Crippen LogP contribution in [0.15, 0.2) is 0 Å². The molecular formula is C16H29B2O7PS. The smallest absolute Gasteiger partial charge is 0.381 e. The second kappa shape index (κ2) is 10.5. The normalized spacial score (nSPS) is 36.6. The third-order valence-electron chi connectivity index (χ3n) is 4.17. The highest BCUT2D eigenvalue weighted by Crippen LogP contribution is 2.58. The molecule has 2 saturated heterocycles. The Morgan fingerprint density at radius 2 is 1.67 bits per heavy atom. The van der Waals surface area contributed by atoms with Crippen LogP contribution in [0.25, 0.3) is 0 Å². The molecule has 0 aromatic rings. The van der Waals surface area contributed by atoms with Crippen molar-refractivity contribution in [3.8, 4) is 0 Å². The fourth-order valence-corrected chi connectivity index (χ4v) is 5.82. The van der Waals surface area contributed by atoms with Crippen LogP contribution in [0.2, 0.25) is 0 Å². The predicted octanol–water partition coefficient (Wildman–Crippen LogP) is 1.99. The van der Waals surface area contributed by atoms with Crippen LogP contribution < -0.4 is 0 Å². The summed E-state index contributed by atoms with van der Waals surface area (Å²) in [5.74, 6) is 0.242. The summed E-state index contributed by atoms with van der Waals surface area (Å²) in [4.78, 5) is 10.3. The molecule has 152 valence electrons. The lowest BCUT2D eigenvalue weighted by atomic mass is 9.96. The maximum absolute atomic E-state index is 12.6. The molecule has 2 heterocycles. The van der Waals surface area contributed by atoms with E-state index in [1.165, 1.54) is 0 Å². The van der Waals surface area contributed by atoms with Gasteiger partial charge in [-0.2, -0.15) is 0 Å². The lowest BCUT2D eigenvalue weighted by molar-refractivity contribution is -0.0422. The highest BCUT2D eigenvalue weighted by atomic mass is 32.7. The Morgan fingerprint density at radius 1 is 1.07 bits per heavy atom. The van der Waals surface area contributed by atoms with Gasteiger partial charge in [-0.25, -0.2) is 4.57 Å². The monoisotopic (exact) mass is 418 g/mol. The summed E-state index contributed by atoms with van der Waals surface area (Å²) in [5.41, 5.74) is 0. The minimum Gasteiger partial charge on any atom is -0.381 e. The summed E-state index contributed by atoms with van der Waals surface area (Å²) < 4.78 is 40.5. The first-order valence-electron chi connectivity index (χ1n) is 9.30. The van der Waals surface area contributed by atoms with Gasteiger partial charge in [0.1, 0.15) is 21.8 Å². The summed E-state index contributed by atoms with van der Waals surface area (Å²) >= 11 is 0.814. The van der Waals surface area contributed by atoms with Crippen molar-refractivity contribution in [2.24, 2.45) is 0 Å². The van der Waals surface area contributed by atoms with Crippen LogP contribution in [0.4, 0.5) is 0 Å². The average Bonchev–Trinajstić information content (AvgIpc) is 3.04. The SMILES string of the molecule is [B][C@H]1CC(OC(C)C)[C@@H](CSP(=O)(O)OC2C[C@H]([B])O[C@@H]2COC(C)C)O1. The van der Waals surface area contributed by atoms with E-state index in [2.05, 4.69) is 0 Å². The first-order valence-corrected chi connectivity index (χ1v) is 12.5. The molecule has 0 aromatic heterocycles. The van der Waals surface area contributed by atoms with E-state index in [-0.39, 0.29) is 36.8 Å². The van der Waals surface area contributed by atoms with E-state index in [0.29, 0.717) is 12.8 Å². The van der Waals surface area contributed by atoms with Gasteiger partial charge in [0.2, 0.25) is 0 Å². The van der Waals surface area contributed by atoms with Crippen LogP contribution in [-0.4, -0.2) is 81.6 Å². The first-order chi connectivity index (χ1) is 12.6. The largest absolute Gasteiger partial charge is 0.387 e. The van der Waals surface area contributed by atoms with Gasteiger partial charge in [-0.15, -0.1) is 0 Å². The van der Waals surface area contributed by atoms with Crippen molar-refractivity contribution < 1.29 is 32.9 Å². The van der Waals surface area contributed by atoms with E-state index < -0.39 is 31.0 Å². The standard InChI is InChI=1S/C16H29B2O7PS/c1-9(2)21-7-13-12(6-16(18)23-13)25-26(19,20)27-8-14-11(22-10(3)4)5-15(17)24-14/h9-16H,5-8H2,1-4H3,(H,19,20)/t11?,12?,13-,14-,15-,16-/m1/s1. The van der Waals surface area contributed by atoms with Gasteiger partial charge in [0, 0.05) is 17.8 Å². The third-order valence-corrected chi connectivity index (χ3v) is 7.19. The van der Waals surface area contributed by atoms with Gasteiger partial charge < -0.3 is 23.8 Å². The molecular weight excluding hydrogens is 389 g/mol. The predicted molar refractivity (Wildman–Crippen MR) is 106 cm³/mol. The van der Waals surface area contributed by atoms with Gasteiger partial charge in [-0.1, -0.05) is 0 Å². The minimum absolute atomic E-state index is 0.0167. The fraction of sp³-hybridized carbons (Fsp3) is 1.00. The van der Waals surface area contributed by atoms with Crippen LogP contribution in [0.5, 0.6) is 0 Å². The van der Waals surface area contributed by atoms with Crippen molar-refractivity contribution in [2.45, 2.75) is 89.2 Å². The third kappa shape index (κ3) is 8.01. The van der Waals surface area contributed by atoms with Crippen LogP contribution in [0.1, 0.15) is 40.5 Å².